The van der Waals surface area contributed by atoms with Gasteiger partial charge in [-0.05, 0) is 43.4 Å². The van der Waals surface area contributed by atoms with Gasteiger partial charge < -0.3 is 23.9 Å². The van der Waals surface area contributed by atoms with Crippen LogP contribution in [0, 0.1) is 18.8 Å². The van der Waals surface area contributed by atoms with Crippen molar-refractivity contribution < 1.29 is 30.2 Å². The Morgan fingerprint density at radius 1 is 0.727 bits per heavy atom. The summed E-state index contributed by atoms with van der Waals surface area (Å²) in [5, 5.41) is 2.11. The zero-order valence-corrected chi connectivity index (χ0v) is 25.9. The zero-order chi connectivity index (χ0) is 28.8. The fourth-order valence-corrected chi connectivity index (χ4v) is 5.61. The second-order valence-electron chi connectivity index (χ2n) is 10.3. The smallest absolute Gasteiger partial charge is 0.159 e. The molecule has 1 aliphatic rings. The molecule has 2 aromatic heterocycles. The van der Waals surface area contributed by atoms with Crippen molar-refractivity contribution in [2.45, 2.75) is 0 Å². The van der Waals surface area contributed by atoms with E-state index >= 15 is 0 Å². The zero-order valence-electron chi connectivity index (χ0n) is 23.6. The van der Waals surface area contributed by atoms with Crippen LogP contribution in [0.2, 0.25) is 0 Å². The molecule has 0 unspecified atom stereocenters. The largest absolute Gasteiger partial charge is 0.509 e. The van der Waals surface area contributed by atoms with Gasteiger partial charge in [0.1, 0.15) is 11.4 Å². The second kappa shape index (κ2) is 11.6. The normalized spacial score (nSPS) is 12.3. The van der Waals surface area contributed by atoms with Gasteiger partial charge in [-0.3, -0.25) is 0 Å². The van der Waals surface area contributed by atoms with Crippen molar-refractivity contribution >= 4 is 56.2 Å². The fraction of sp³-hybridized carbons (Fsp3) is 0.0270. The van der Waals surface area contributed by atoms with Gasteiger partial charge in [0.05, 0.1) is 5.69 Å². The minimum Gasteiger partial charge on any atom is -0.509 e. The Morgan fingerprint density at radius 3 is 2.32 bits per heavy atom. The van der Waals surface area contributed by atoms with Gasteiger partial charge in [-0.2, -0.15) is 18.8 Å². The number of rotatable bonds is 6. The maximum Gasteiger partial charge on any atom is 0.159 e. The van der Waals surface area contributed by atoms with Crippen molar-refractivity contribution in [1.82, 2.24) is 4.98 Å². The quantitative estimate of drug-likeness (QED) is 0.158. The van der Waals surface area contributed by atoms with Crippen LogP contribution >= 0.6 is 0 Å². The first-order chi connectivity index (χ1) is 21.2. The average molecular weight is 753 g/mol. The van der Waals surface area contributed by atoms with Gasteiger partial charge in [0.25, 0.3) is 0 Å². The van der Waals surface area contributed by atoms with Crippen LogP contribution in [0.3, 0.4) is 0 Å². The molecule has 0 N–H and O–H groups in total. The summed E-state index contributed by atoms with van der Waals surface area (Å²) in [6, 6.07) is 47.1. The molecule has 0 fully saturated rings. The number of nitrogens with zero attached hydrogens (tertiary/aromatic N) is 4. The number of benzene rings is 5. The minimum atomic E-state index is 0. The Labute approximate surface area is 270 Å². The SMILES string of the molecule is CN1[CH-]N(c2[c-]c(Oc3[c-]c(N(c4ccccn4)c4cccc5c4oc4ccccc45)ccc3)ccc2)c2ccccc21.[Pt]. The van der Waals surface area contributed by atoms with E-state index in [1.54, 1.807) is 6.20 Å². The maximum absolute atomic E-state index is 6.40. The van der Waals surface area contributed by atoms with E-state index in [1.807, 2.05) is 109 Å². The third-order valence-corrected chi connectivity index (χ3v) is 7.54. The molecule has 44 heavy (non-hydrogen) atoms. The summed E-state index contributed by atoms with van der Waals surface area (Å²) in [6.45, 7) is 2.05. The van der Waals surface area contributed by atoms with Gasteiger partial charge in [0, 0.05) is 60.9 Å². The van der Waals surface area contributed by atoms with Crippen LogP contribution in [0.4, 0.5) is 34.3 Å². The molecule has 3 heterocycles. The van der Waals surface area contributed by atoms with Crippen LogP contribution in [0.1, 0.15) is 0 Å². The second-order valence-corrected chi connectivity index (χ2v) is 10.3. The van der Waals surface area contributed by atoms with Gasteiger partial charge in [0.2, 0.25) is 0 Å². The molecule has 0 saturated carbocycles. The summed E-state index contributed by atoms with van der Waals surface area (Å²) in [5.74, 6) is 1.89. The molecule has 0 atom stereocenters. The topological polar surface area (TPSA) is 45.0 Å². The van der Waals surface area contributed by atoms with Gasteiger partial charge in [-0.15, -0.1) is 42.1 Å². The Morgan fingerprint density at radius 2 is 1.45 bits per heavy atom. The van der Waals surface area contributed by atoms with E-state index in [1.165, 1.54) is 0 Å². The van der Waals surface area contributed by atoms with E-state index < -0.39 is 0 Å². The number of pyridine rings is 1. The number of aromatic nitrogens is 1. The van der Waals surface area contributed by atoms with Crippen LogP contribution in [-0.4, -0.2) is 12.0 Å². The van der Waals surface area contributed by atoms with E-state index in [0.29, 0.717) is 11.5 Å². The van der Waals surface area contributed by atoms with Crippen LogP contribution in [0.5, 0.6) is 11.5 Å². The molecule has 0 bridgehead atoms. The Bertz CT molecular complexity index is 2100. The molecule has 0 amide bonds. The minimum absolute atomic E-state index is 0. The number of anilines is 6. The predicted molar refractivity (Wildman–Crippen MR) is 172 cm³/mol. The molecule has 0 aliphatic carbocycles. The molecule has 5 aromatic carbocycles. The van der Waals surface area contributed by atoms with Crippen molar-refractivity contribution in [2.75, 3.05) is 21.7 Å². The third-order valence-electron chi connectivity index (χ3n) is 7.54. The van der Waals surface area contributed by atoms with Crippen LogP contribution < -0.4 is 19.4 Å². The summed E-state index contributed by atoms with van der Waals surface area (Å²) in [6.07, 6.45) is 1.78. The van der Waals surface area contributed by atoms with Crippen molar-refractivity contribution in [2.24, 2.45) is 0 Å². The molecule has 0 saturated heterocycles. The molecule has 6 nitrogen and oxygen atoms in total. The predicted octanol–water partition coefficient (Wildman–Crippen LogP) is 9.55. The molecule has 0 radical (unpaired) electrons. The fourth-order valence-electron chi connectivity index (χ4n) is 5.61. The summed E-state index contributed by atoms with van der Waals surface area (Å²) >= 11 is 0. The van der Waals surface area contributed by atoms with Crippen LogP contribution in [0.15, 0.2) is 132 Å². The Hall–Kier alpha value is -5.06. The number of furan rings is 1. The van der Waals surface area contributed by atoms with Crippen molar-refractivity contribution in [3.8, 4) is 11.5 Å². The number of hydrogen-bond acceptors (Lipinski definition) is 6. The maximum atomic E-state index is 6.40. The Kier molecular flexibility index (Phi) is 7.29. The van der Waals surface area contributed by atoms with Crippen LogP contribution in [0.25, 0.3) is 21.9 Å². The molecule has 8 rings (SSSR count). The number of hydrogen-bond donors (Lipinski definition) is 0. The third kappa shape index (κ3) is 4.87. The van der Waals surface area contributed by atoms with Gasteiger partial charge >= 0.3 is 0 Å². The molecule has 7 heteroatoms. The summed E-state index contributed by atoms with van der Waals surface area (Å²) in [5.41, 5.74) is 6.37. The first-order valence-corrected chi connectivity index (χ1v) is 14.0. The number of fused-ring (bicyclic) bond motifs is 4. The first-order valence-electron chi connectivity index (χ1n) is 14.0. The number of para-hydroxylation sites is 4. The van der Waals surface area contributed by atoms with Crippen molar-refractivity contribution in [3.05, 3.63) is 146 Å². The molecule has 0 spiro atoms. The van der Waals surface area contributed by atoms with E-state index in [-0.39, 0.29) is 21.1 Å². The van der Waals surface area contributed by atoms with E-state index in [2.05, 4.69) is 52.9 Å². The van der Waals surface area contributed by atoms with Crippen LogP contribution in [-0.2, 0) is 21.1 Å². The summed E-state index contributed by atoms with van der Waals surface area (Å²) in [7, 11) is 2.04. The molecule has 1 aliphatic heterocycles. The summed E-state index contributed by atoms with van der Waals surface area (Å²) in [4.78, 5) is 10.9. The standard InChI is InChI=1S/C37H25N4O2.Pt/c1-39-25-40(33-18-4-3-17-32(33)39)26-11-8-13-28(23-26)42-29-14-9-12-27(24-29)41(36-21-6-7-22-38-36)34-19-10-16-31-30-15-2-5-20-35(30)43-37(31)34;/h2-22,25H,1H3;/q-3;. The average Bonchev–Trinajstić information content (AvgIpc) is 3.60. The Balaban J connectivity index is 0.00000312. The van der Waals surface area contributed by atoms with Crippen molar-refractivity contribution in [1.29, 1.82) is 0 Å². The van der Waals surface area contributed by atoms with E-state index in [4.69, 9.17) is 14.1 Å². The summed E-state index contributed by atoms with van der Waals surface area (Å²) < 4.78 is 12.8. The van der Waals surface area contributed by atoms with Gasteiger partial charge in [-0.25, -0.2) is 4.98 Å². The van der Waals surface area contributed by atoms with Crippen molar-refractivity contribution in [3.63, 3.8) is 0 Å². The van der Waals surface area contributed by atoms with E-state index in [0.717, 1.165) is 56.2 Å². The first kappa shape index (κ1) is 27.8. The molecular formula is C37H25N4O2Pt-3. The monoisotopic (exact) mass is 752 g/mol. The van der Waals surface area contributed by atoms with E-state index in [9.17, 15) is 0 Å². The van der Waals surface area contributed by atoms with Gasteiger partial charge in [-0.1, -0.05) is 54.2 Å². The molecule has 218 valence electrons. The van der Waals surface area contributed by atoms with Gasteiger partial charge in [0.15, 0.2) is 5.58 Å². The molecular weight excluding hydrogens is 728 g/mol. The number of ether oxygens (including phenoxy) is 1. The molecule has 7 aromatic rings.